The van der Waals surface area contributed by atoms with Crippen LogP contribution in [-0.2, 0) is 0 Å². The summed E-state index contributed by atoms with van der Waals surface area (Å²) in [5.74, 6) is 0.700. The van der Waals surface area contributed by atoms with E-state index in [1.807, 2.05) is 55.5 Å². The lowest BCUT2D eigenvalue weighted by Crippen LogP contribution is -2.47. The Morgan fingerprint density at radius 2 is 1.57 bits per heavy atom. The molecule has 3 amide bonds. The van der Waals surface area contributed by atoms with Crippen molar-refractivity contribution in [1.29, 1.82) is 0 Å². The first-order valence-electron chi connectivity index (χ1n) is 12.4. The topological polar surface area (TPSA) is 85.9 Å². The summed E-state index contributed by atoms with van der Waals surface area (Å²) in [5, 5.41) is 8.65. The molecule has 0 aromatic heterocycles. The summed E-state index contributed by atoms with van der Waals surface area (Å²) >= 11 is 3.43. The Kier molecular flexibility index (Phi) is 8.90. The molecule has 9 heteroatoms. The zero-order chi connectivity index (χ0) is 26.2. The predicted molar refractivity (Wildman–Crippen MR) is 153 cm³/mol. The molecule has 3 N–H and O–H groups in total. The highest BCUT2D eigenvalue weighted by Crippen LogP contribution is 2.31. The third-order valence-electron chi connectivity index (χ3n) is 6.20. The number of hydrogen-bond acceptors (Lipinski definition) is 5. The van der Waals surface area contributed by atoms with Crippen molar-refractivity contribution in [1.82, 2.24) is 5.32 Å². The lowest BCUT2D eigenvalue weighted by molar-refractivity contribution is 0.0954. The number of carbonyl (C=O) groups excluding carboxylic acids is 2. The predicted octanol–water partition coefficient (Wildman–Crippen LogP) is 5.57. The van der Waals surface area contributed by atoms with E-state index in [-0.39, 0.29) is 11.9 Å². The molecule has 37 heavy (non-hydrogen) atoms. The zero-order valence-electron chi connectivity index (χ0n) is 21.1. The molecule has 1 aliphatic heterocycles. The van der Waals surface area contributed by atoms with Crippen molar-refractivity contribution in [3.8, 4) is 5.75 Å². The molecule has 8 nitrogen and oxygen atoms in total. The van der Waals surface area contributed by atoms with Gasteiger partial charge in [-0.1, -0.05) is 31.2 Å². The summed E-state index contributed by atoms with van der Waals surface area (Å²) in [6, 6.07) is 20.5. The number of benzene rings is 3. The highest BCUT2D eigenvalue weighted by atomic mass is 79.9. The van der Waals surface area contributed by atoms with Gasteiger partial charge < -0.3 is 30.5 Å². The van der Waals surface area contributed by atoms with Gasteiger partial charge in [-0.2, -0.15) is 0 Å². The van der Waals surface area contributed by atoms with Crippen molar-refractivity contribution < 1.29 is 14.3 Å². The number of anilines is 4. The van der Waals surface area contributed by atoms with Crippen molar-refractivity contribution in [3.63, 3.8) is 0 Å². The van der Waals surface area contributed by atoms with Crippen molar-refractivity contribution in [2.24, 2.45) is 0 Å². The van der Waals surface area contributed by atoms with Gasteiger partial charge in [0.15, 0.2) is 0 Å². The summed E-state index contributed by atoms with van der Waals surface area (Å²) in [7, 11) is 1.69. The van der Waals surface area contributed by atoms with Gasteiger partial charge in [0.25, 0.3) is 5.91 Å². The van der Waals surface area contributed by atoms with E-state index >= 15 is 0 Å². The fraction of sp³-hybridized carbons (Fsp3) is 0.286. The maximum Gasteiger partial charge on any atom is 0.323 e. The van der Waals surface area contributed by atoms with Crippen LogP contribution in [0.4, 0.5) is 27.5 Å². The smallest absolute Gasteiger partial charge is 0.323 e. The van der Waals surface area contributed by atoms with Gasteiger partial charge in [0.2, 0.25) is 0 Å². The van der Waals surface area contributed by atoms with Crippen LogP contribution in [0.1, 0.15) is 23.7 Å². The third kappa shape index (κ3) is 6.54. The van der Waals surface area contributed by atoms with Gasteiger partial charge >= 0.3 is 6.03 Å². The normalized spacial score (nSPS) is 13.2. The monoisotopic (exact) mass is 565 g/mol. The van der Waals surface area contributed by atoms with Crippen LogP contribution >= 0.6 is 15.9 Å². The average molecular weight is 566 g/mol. The van der Waals surface area contributed by atoms with Crippen LogP contribution in [0.25, 0.3) is 0 Å². The molecule has 0 aliphatic carbocycles. The molecule has 0 radical (unpaired) electrons. The first kappa shape index (κ1) is 26.3. The second-order valence-corrected chi connectivity index (χ2v) is 9.55. The second-order valence-electron chi connectivity index (χ2n) is 8.69. The van der Waals surface area contributed by atoms with Crippen molar-refractivity contribution in [3.05, 3.63) is 76.8 Å². The fourth-order valence-electron chi connectivity index (χ4n) is 4.33. The molecule has 0 spiro atoms. The van der Waals surface area contributed by atoms with E-state index in [1.54, 1.807) is 19.2 Å². The van der Waals surface area contributed by atoms with E-state index in [2.05, 4.69) is 47.7 Å². The van der Waals surface area contributed by atoms with E-state index in [0.29, 0.717) is 23.5 Å². The van der Waals surface area contributed by atoms with Gasteiger partial charge in [0, 0.05) is 48.6 Å². The minimum Gasteiger partial charge on any atom is -0.495 e. The Morgan fingerprint density at radius 3 is 2.27 bits per heavy atom. The number of hydrogen-bond donors (Lipinski definition) is 3. The summed E-state index contributed by atoms with van der Waals surface area (Å²) in [4.78, 5) is 30.3. The van der Waals surface area contributed by atoms with Crippen LogP contribution in [0.3, 0.4) is 0 Å². The molecule has 0 atom stereocenters. The third-order valence-corrected chi connectivity index (χ3v) is 6.89. The Labute approximate surface area is 226 Å². The molecule has 4 rings (SSSR count). The first-order valence-corrected chi connectivity index (χ1v) is 13.2. The van der Waals surface area contributed by atoms with Gasteiger partial charge in [0.1, 0.15) is 5.75 Å². The van der Waals surface area contributed by atoms with E-state index in [4.69, 9.17) is 4.74 Å². The molecule has 1 aliphatic rings. The summed E-state index contributed by atoms with van der Waals surface area (Å²) in [6.07, 6.45) is 0.838. The van der Waals surface area contributed by atoms with Crippen LogP contribution < -0.4 is 30.5 Å². The second kappa shape index (κ2) is 12.5. The van der Waals surface area contributed by atoms with E-state index < -0.39 is 0 Å². The molecule has 1 fully saturated rings. The number of methoxy groups -OCH3 is 1. The molecule has 0 unspecified atom stereocenters. The van der Waals surface area contributed by atoms with Gasteiger partial charge in [0.05, 0.1) is 24.0 Å². The van der Waals surface area contributed by atoms with Crippen LogP contribution in [0.5, 0.6) is 5.75 Å². The molecule has 0 bridgehead atoms. The van der Waals surface area contributed by atoms with Gasteiger partial charge in [-0.05, 0) is 64.8 Å². The van der Waals surface area contributed by atoms with E-state index in [9.17, 15) is 9.59 Å². The van der Waals surface area contributed by atoms with Crippen LogP contribution in [0.2, 0.25) is 0 Å². The minimum absolute atomic E-state index is 0.154. The average Bonchev–Trinajstić information content (AvgIpc) is 2.93. The Balaban J connectivity index is 1.50. The summed E-state index contributed by atoms with van der Waals surface area (Å²) in [6.45, 7) is 5.70. The number of ether oxygens (including phenoxy) is 1. The number of rotatable bonds is 8. The molecule has 194 valence electrons. The van der Waals surface area contributed by atoms with Crippen LogP contribution in [0, 0.1) is 0 Å². The zero-order valence-corrected chi connectivity index (χ0v) is 22.7. The summed E-state index contributed by atoms with van der Waals surface area (Å²) in [5.41, 5.74) is 3.66. The molecule has 3 aromatic carbocycles. The highest BCUT2D eigenvalue weighted by Gasteiger charge is 2.23. The van der Waals surface area contributed by atoms with Crippen LogP contribution in [-0.4, -0.2) is 51.8 Å². The van der Waals surface area contributed by atoms with Gasteiger partial charge in [-0.3, -0.25) is 4.79 Å². The molecule has 0 saturated carbocycles. The number of amides is 3. The van der Waals surface area contributed by atoms with Crippen molar-refractivity contribution >= 4 is 50.6 Å². The molecule has 1 saturated heterocycles. The van der Waals surface area contributed by atoms with Crippen LogP contribution in [0.15, 0.2) is 71.2 Å². The van der Waals surface area contributed by atoms with Crippen molar-refractivity contribution in [2.75, 3.05) is 60.3 Å². The first-order chi connectivity index (χ1) is 18.0. The number of nitrogens with zero attached hydrogens (tertiary/aromatic N) is 2. The van der Waals surface area contributed by atoms with Crippen molar-refractivity contribution in [2.45, 2.75) is 13.3 Å². The van der Waals surface area contributed by atoms with E-state index in [0.717, 1.165) is 54.2 Å². The number of urea groups is 1. The number of para-hydroxylation sites is 3. The van der Waals surface area contributed by atoms with Gasteiger partial charge in [-0.25, -0.2) is 4.79 Å². The number of piperazine rings is 1. The Hall–Kier alpha value is -3.72. The maximum absolute atomic E-state index is 13.1. The lowest BCUT2D eigenvalue weighted by Gasteiger charge is -2.38. The molecular weight excluding hydrogens is 534 g/mol. The van der Waals surface area contributed by atoms with E-state index in [1.165, 1.54) is 0 Å². The maximum atomic E-state index is 13.1. The molecule has 3 aromatic rings. The van der Waals surface area contributed by atoms with Gasteiger partial charge in [-0.15, -0.1) is 0 Å². The quantitative estimate of drug-likeness (QED) is 0.332. The number of carbonyl (C=O) groups is 2. The number of halogens is 1. The fourth-order valence-corrected chi connectivity index (χ4v) is 4.72. The SMILES string of the molecule is CCCNC(=O)c1cc(NC(=O)Nc2ccccc2Br)ccc1N1CCN(c2ccccc2OC)CC1. The largest absolute Gasteiger partial charge is 0.495 e. The summed E-state index contributed by atoms with van der Waals surface area (Å²) < 4.78 is 6.32. The molecule has 1 heterocycles. The Morgan fingerprint density at radius 1 is 0.892 bits per heavy atom. The lowest BCUT2D eigenvalue weighted by atomic mass is 10.1. The molecular formula is C28H32BrN5O3. The standard InChI is InChI=1S/C28H32BrN5O3/c1-3-14-30-27(35)21-19-20(31-28(36)32-23-9-5-4-8-22(23)29)12-13-24(21)33-15-17-34(18-16-33)25-10-6-7-11-26(25)37-2/h4-13,19H,3,14-18H2,1-2H3,(H,30,35)(H2,31,32,36). The highest BCUT2D eigenvalue weighted by molar-refractivity contribution is 9.10. The Bertz CT molecular complexity index is 1240. The number of nitrogens with one attached hydrogen (secondary N) is 3. The minimum atomic E-state index is -0.384.